The number of hydrogen-bond donors (Lipinski definition) is 2. The first kappa shape index (κ1) is 15.6. The first-order valence-corrected chi connectivity index (χ1v) is 7.14. The molecule has 0 fully saturated rings. The molecule has 2 atom stereocenters. The van der Waals surface area contributed by atoms with Crippen molar-refractivity contribution in [2.24, 2.45) is 5.92 Å². The molecule has 2 unspecified atom stereocenters. The van der Waals surface area contributed by atoms with Gasteiger partial charge in [0.05, 0.1) is 11.2 Å². The van der Waals surface area contributed by atoms with Crippen LogP contribution in [0.2, 0.25) is 0 Å². The maximum Gasteiger partial charge on any atom is 0.308 e. The van der Waals surface area contributed by atoms with Gasteiger partial charge in [-0.2, -0.15) is 0 Å². The zero-order valence-corrected chi connectivity index (χ0v) is 11.9. The number of carbonyl (C=O) groups is 2. The molecule has 1 aromatic carbocycles. The summed E-state index contributed by atoms with van der Waals surface area (Å²) in [6.07, 6.45) is 0.701. The molecule has 19 heavy (non-hydrogen) atoms. The predicted octanol–water partition coefficient (Wildman–Crippen LogP) is 2.39. The highest BCUT2D eigenvalue weighted by Crippen LogP contribution is 2.25. The third-order valence-corrected chi connectivity index (χ3v) is 4.07. The van der Waals surface area contributed by atoms with Crippen molar-refractivity contribution in [3.63, 3.8) is 0 Å². The number of carboxylic acid groups (broad SMARTS) is 1. The van der Waals surface area contributed by atoms with E-state index in [0.29, 0.717) is 6.42 Å². The summed E-state index contributed by atoms with van der Waals surface area (Å²) in [5, 5.41) is 11.3. The number of benzene rings is 1. The monoisotopic (exact) mass is 281 g/mol. The summed E-state index contributed by atoms with van der Waals surface area (Å²) in [4.78, 5) is 23.7. The molecule has 4 nitrogen and oxygen atoms in total. The van der Waals surface area contributed by atoms with E-state index in [1.54, 1.807) is 6.92 Å². The van der Waals surface area contributed by atoms with Crippen LogP contribution in [0.5, 0.6) is 0 Å². The molecule has 0 spiro atoms. The lowest BCUT2D eigenvalue weighted by atomic mass is 10.2. The summed E-state index contributed by atoms with van der Waals surface area (Å²) in [6, 6.07) is 9.71. The van der Waals surface area contributed by atoms with Crippen LogP contribution in [0, 0.1) is 5.92 Å². The summed E-state index contributed by atoms with van der Waals surface area (Å²) in [5.74, 6) is -1.57. The smallest absolute Gasteiger partial charge is 0.308 e. The topological polar surface area (TPSA) is 66.4 Å². The zero-order valence-electron chi connectivity index (χ0n) is 11.1. The number of carbonyl (C=O) groups excluding carboxylic acids is 1. The van der Waals surface area contributed by atoms with Crippen molar-refractivity contribution in [1.82, 2.24) is 5.32 Å². The highest BCUT2D eigenvalue weighted by molar-refractivity contribution is 8.00. The molecular weight excluding hydrogens is 262 g/mol. The Balaban J connectivity index is 2.50. The first-order chi connectivity index (χ1) is 9.04. The van der Waals surface area contributed by atoms with Crippen LogP contribution >= 0.6 is 11.8 Å². The molecule has 0 saturated carbocycles. The van der Waals surface area contributed by atoms with Crippen molar-refractivity contribution in [3.8, 4) is 0 Å². The van der Waals surface area contributed by atoms with E-state index in [2.05, 4.69) is 5.32 Å². The van der Waals surface area contributed by atoms with E-state index in [9.17, 15) is 9.59 Å². The average Bonchev–Trinajstić information content (AvgIpc) is 2.42. The van der Waals surface area contributed by atoms with Gasteiger partial charge in [-0.25, -0.2) is 0 Å². The molecule has 1 amide bonds. The Bertz CT molecular complexity index is 422. The molecule has 5 heteroatoms. The standard InChI is InChI=1S/C14H19NO3S/c1-3-12(19-11-7-5-4-6-8-11)13(16)15-9-10(2)14(17)18/h4-8,10,12H,3,9H2,1-2H3,(H,15,16)(H,17,18). The molecule has 0 bridgehead atoms. The van der Waals surface area contributed by atoms with Gasteiger partial charge >= 0.3 is 5.97 Å². The third kappa shape index (κ3) is 5.34. The van der Waals surface area contributed by atoms with Gasteiger partial charge in [0.25, 0.3) is 0 Å². The Hall–Kier alpha value is -1.49. The van der Waals surface area contributed by atoms with Crippen LogP contribution in [-0.4, -0.2) is 28.8 Å². The van der Waals surface area contributed by atoms with E-state index in [0.717, 1.165) is 4.90 Å². The van der Waals surface area contributed by atoms with Crippen LogP contribution in [-0.2, 0) is 9.59 Å². The largest absolute Gasteiger partial charge is 0.481 e. The lowest BCUT2D eigenvalue weighted by Crippen LogP contribution is -2.37. The van der Waals surface area contributed by atoms with E-state index in [-0.39, 0.29) is 17.7 Å². The fourth-order valence-electron chi connectivity index (χ4n) is 1.44. The Morgan fingerprint density at radius 2 is 1.95 bits per heavy atom. The van der Waals surface area contributed by atoms with Gasteiger partial charge in [0.1, 0.15) is 0 Å². The van der Waals surface area contributed by atoms with Gasteiger partial charge in [0.2, 0.25) is 5.91 Å². The Morgan fingerprint density at radius 1 is 1.32 bits per heavy atom. The summed E-state index contributed by atoms with van der Waals surface area (Å²) in [7, 11) is 0. The Kier molecular flexibility index (Phi) is 6.42. The first-order valence-electron chi connectivity index (χ1n) is 6.26. The normalized spacial score (nSPS) is 13.6. The second-order valence-corrected chi connectivity index (χ2v) is 5.59. The SMILES string of the molecule is CCC(Sc1ccccc1)C(=O)NCC(C)C(=O)O. The van der Waals surface area contributed by atoms with Crippen LogP contribution < -0.4 is 5.32 Å². The van der Waals surface area contributed by atoms with Crippen LogP contribution in [0.15, 0.2) is 35.2 Å². The predicted molar refractivity (Wildman–Crippen MR) is 76.2 cm³/mol. The minimum atomic E-state index is -0.899. The van der Waals surface area contributed by atoms with Gasteiger partial charge in [-0.1, -0.05) is 32.0 Å². The lowest BCUT2D eigenvalue weighted by Gasteiger charge is -2.15. The van der Waals surface area contributed by atoms with Crippen LogP contribution in [0.1, 0.15) is 20.3 Å². The van der Waals surface area contributed by atoms with Crippen molar-refractivity contribution in [2.75, 3.05) is 6.54 Å². The van der Waals surface area contributed by atoms with Crippen LogP contribution in [0.3, 0.4) is 0 Å². The second-order valence-electron chi connectivity index (χ2n) is 4.31. The summed E-state index contributed by atoms with van der Waals surface area (Å²) >= 11 is 1.50. The molecular formula is C14H19NO3S. The van der Waals surface area contributed by atoms with Gasteiger partial charge in [0.15, 0.2) is 0 Å². The Labute approximate surface area is 117 Å². The number of rotatable bonds is 7. The van der Waals surface area contributed by atoms with E-state index < -0.39 is 11.9 Å². The maximum atomic E-state index is 12.0. The molecule has 0 aromatic heterocycles. The molecule has 0 saturated heterocycles. The van der Waals surface area contributed by atoms with Gasteiger partial charge in [-0.15, -0.1) is 11.8 Å². The molecule has 2 N–H and O–H groups in total. The fourth-order valence-corrected chi connectivity index (χ4v) is 2.44. The van der Waals surface area contributed by atoms with Gasteiger partial charge in [-0.05, 0) is 18.6 Å². The molecule has 0 aliphatic rings. The third-order valence-electron chi connectivity index (χ3n) is 2.69. The number of aliphatic carboxylic acids is 1. The number of hydrogen-bond acceptors (Lipinski definition) is 3. The zero-order chi connectivity index (χ0) is 14.3. The number of amides is 1. The highest BCUT2D eigenvalue weighted by atomic mass is 32.2. The van der Waals surface area contributed by atoms with Gasteiger partial charge in [0, 0.05) is 11.4 Å². The fraction of sp³-hybridized carbons (Fsp3) is 0.429. The highest BCUT2D eigenvalue weighted by Gasteiger charge is 2.19. The van der Waals surface area contributed by atoms with E-state index in [4.69, 9.17) is 5.11 Å². The molecule has 1 aromatic rings. The average molecular weight is 281 g/mol. The van der Waals surface area contributed by atoms with Gasteiger partial charge < -0.3 is 10.4 Å². The van der Waals surface area contributed by atoms with Crippen molar-refractivity contribution in [1.29, 1.82) is 0 Å². The summed E-state index contributed by atoms with van der Waals surface area (Å²) in [5.41, 5.74) is 0. The van der Waals surface area contributed by atoms with Crippen molar-refractivity contribution in [3.05, 3.63) is 30.3 Å². The van der Waals surface area contributed by atoms with Crippen LogP contribution in [0.4, 0.5) is 0 Å². The molecule has 0 aliphatic carbocycles. The quantitative estimate of drug-likeness (QED) is 0.753. The molecule has 0 radical (unpaired) electrons. The van der Waals surface area contributed by atoms with Crippen molar-refractivity contribution < 1.29 is 14.7 Å². The molecule has 1 rings (SSSR count). The van der Waals surface area contributed by atoms with E-state index >= 15 is 0 Å². The molecule has 0 aliphatic heterocycles. The lowest BCUT2D eigenvalue weighted by molar-refractivity contribution is -0.141. The summed E-state index contributed by atoms with van der Waals surface area (Å²) in [6.45, 7) is 3.69. The van der Waals surface area contributed by atoms with Crippen molar-refractivity contribution in [2.45, 2.75) is 30.4 Å². The minimum Gasteiger partial charge on any atom is -0.481 e. The summed E-state index contributed by atoms with van der Waals surface area (Å²) < 4.78 is 0. The Morgan fingerprint density at radius 3 is 2.47 bits per heavy atom. The molecule has 104 valence electrons. The molecule has 0 heterocycles. The van der Waals surface area contributed by atoms with E-state index in [1.807, 2.05) is 37.3 Å². The number of nitrogens with one attached hydrogen (secondary N) is 1. The van der Waals surface area contributed by atoms with Gasteiger partial charge in [-0.3, -0.25) is 9.59 Å². The number of thioether (sulfide) groups is 1. The maximum absolute atomic E-state index is 12.0. The van der Waals surface area contributed by atoms with E-state index in [1.165, 1.54) is 11.8 Å². The van der Waals surface area contributed by atoms with Crippen molar-refractivity contribution >= 4 is 23.6 Å². The van der Waals surface area contributed by atoms with Crippen LogP contribution in [0.25, 0.3) is 0 Å². The number of carboxylic acids is 1. The minimum absolute atomic E-state index is 0.107. The second kappa shape index (κ2) is 7.84.